The molecule has 3 rings (SSSR count). The molecule has 0 N–H and O–H groups in total. The van der Waals surface area contributed by atoms with Crippen molar-refractivity contribution in [2.75, 3.05) is 26.4 Å². The second-order valence-electron chi connectivity index (χ2n) is 6.20. The lowest BCUT2D eigenvalue weighted by Gasteiger charge is -2.28. The fraction of sp³-hybridized carbons (Fsp3) is 0.625. The molecule has 0 radical (unpaired) electrons. The molecule has 1 atom stereocenters. The zero-order chi connectivity index (χ0) is 17.0. The van der Waals surface area contributed by atoms with Crippen molar-refractivity contribution in [3.05, 3.63) is 35.9 Å². The zero-order valence-electron chi connectivity index (χ0n) is 13.9. The highest BCUT2D eigenvalue weighted by Gasteiger charge is 2.38. The van der Waals surface area contributed by atoms with E-state index in [1.165, 1.54) is 0 Å². The second kappa shape index (κ2) is 7.62. The third-order valence-electron chi connectivity index (χ3n) is 3.65. The Morgan fingerprint density at radius 3 is 2.50 bits per heavy atom. The monoisotopic (exact) mass is 358 g/mol. The van der Waals surface area contributed by atoms with Gasteiger partial charge >= 0.3 is 7.82 Å². The van der Waals surface area contributed by atoms with Crippen molar-refractivity contribution in [2.45, 2.75) is 38.4 Å². The van der Waals surface area contributed by atoms with E-state index in [0.29, 0.717) is 13.2 Å². The molecule has 7 nitrogen and oxygen atoms in total. The third-order valence-corrected chi connectivity index (χ3v) is 5.05. The van der Waals surface area contributed by atoms with Gasteiger partial charge in [-0.05, 0) is 19.4 Å². The summed E-state index contributed by atoms with van der Waals surface area (Å²) in [5.41, 5.74) is 1.06. The molecule has 8 heteroatoms. The first-order chi connectivity index (χ1) is 11.4. The van der Waals surface area contributed by atoms with Crippen LogP contribution in [0.1, 0.15) is 19.4 Å². The summed E-state index contributed by atoms with van der Waals surface area (Å²) in [6.07, 6.45) is -0.564. The Bertz CT molecular complexity index is 565. The maximum atomic E-state index is 12.4. The maximum Gasteiger partial charge on any atom is 0.475 e. The summed E-state index contributed by atoms with van der Waals surface area (Å²) in [6.45, 7) is 4.89. The SMILES string of the molecule is CC1(C)OCC(COP2(=O)OCC(OCc3ccccc3)CO2)O1. The van der Waals surface area contributed by atoms with E-state index in [-0.39, 0.29) is 32.0 Å². The molecule has 2 aliphatic heterocycles. The molecule has 2 saturated heterocycles. The second-order valence-corrected chi connectivity index (χ2v) is 7.87. The van der Waals surface area contributed by atoms with Gasteiger partial charge in [-0.15, -0.1) is 0 Å². The fourth-order valence-corrected chi connectivity index (χ4v) is 3.68. The number of ether oxygens (including phenoxy) is 3. The minimum absolute atomic E-state index is 0.0935. The van der Waals surface area contributed by atoms with E-state index >= 15 is 0 Å². The minimum atomic E-state index is -3.56. The van der Waals surface area contributed by atoms with E-state index in [1.807, 2.05) is 44.2 Å². The van der Waals surface area contributed by atoms with Gasteiger partial charge in [-0.2, -0.15) is 0 Å². The summed E-state index contributed by atoms with van der Waals surface area (Å²) in [4.78, 5) is 0. The number of hydrogen-bond acceptors (Lipinski definition) is 7. The van der Waals surface area contributed by atoms with Gasteiger partial charge in [-0.1, -0.05) is 30.3 Å². The first-order valence-electron chi connectivity index (χ1n) is 7.95. The molecule has 0 aromatic heterocycles. The van der Waals surface area contributed by atoms with Crippen LogP contribution in [0.15, 0.2) is 30.3 Å². The molecule has 2 aliphatic rings. The van der Waals surface area contributed by atoms with Crippen LogP contribution in [0.2, 0.25) is 0 Å². The lowest BCUT2D eigenvalue weighted by atomic mass is 10.2. The molecule has 2 fully saturated rings. The molecule has 0 spiro atoms. The lowest BCUT2D eigenvalue weighted by Crippen LogP contribution is -2.30. The van der Waals surface area contributed by atoms with E-state index in [9.17, 15) is 4.57 Å². The van der Waals surface area contributed by atoms with E-state index in [0.717, 1.165) is 5.56 Å². The maximum absolute atomic E-state index is 12.4. The average molecular weight is 358 g/mol. The van der Waals surface area contributed by atoms with Crippen LogP contribution in [-0.4, -0.2) is 44.4 Å². The topological polar surface area (TPSA) is 72.5 Å². The van der Waals surface area contributed by atoms with Gasteiger partial charge in [0.1, 0.15) is 12.2 Å². The van der Waals surface area contributed by atoms with Crippen molar-refractivity contribution < 1.29 is 32.3 Å². The highest BCUT2D eigenvalue weighted by Crippen LogP contribution is 2.52. The number of rotatable bonds is 6. The fourth-order valence-electron chi connectivity index (χ4n) is 2.41. The summed E-state index contributed by atoms with van der Waals surface area (Å²) >= 11 is 0. The largest absolute Gasteiger partial charge is 0.475 e. The quantitative estimate of drug-likeness (QED) is 0.724. The predicted octanol–water partition coefficient (Wildman–Crippen LogP) is 2.89. The van der Waals surface area contributed by atoms with Gasteiger partial charge < -0.3 is 14.2 Å². The van der Waals surface area contributed by atoms with Gasteiger partial charge in [0.25, 0.3) is 0 Å². The molecule has 0 saturated carbocycles. The van der Waals surface area contributed by atoms with Crippen LogP contribution in [0.3, 0.4) is 0 Å². The first kappa shape index (κ1) is 18.0. The minimum Gasteiger partial charge on any atom is -0.369 e. The molecule has 134 valence electrons. The predicted molar refractivity (Wildman–Crippen MR) is 85.4 cm³/mol. The summed E-state index contributed by atoms with van der Waals surface area (Å²) in [7, 11) is -3.56. The number of benzene rings is 1. The van der Waals surface area contributed by atoms with E-state index in [2.05, 4.69) is 0 Å². The standard InChI is InChI=1S/C16H23O7P/c1-16(2)19-9-15(23-16)12-22-24(17)20-10-14(11-21-24)18-8-13-6-4-3-5-7-13/h3-7,14-15H,8-12H2,1-2H3. The number of phosphoric ester groups is 1. The van der Waals surface area contributed by atoms with E-state index in [4.69, 9.17) is 27.8 Å². The van der Waals surface area contributed by atoms with Gasteiger partial charge in [0.2, 0.25) is 0 Å². The Balaban J connectivity index is 1.38. The van der Waals surface area contributed by atoms with Crippen molar-refractivity contribution in [3.8, 4) is 0 Å². The Kier molecular flexibility index (Phi) is 5.72. The van der Waals surface area contributed by atoms with Crippen LogP contribution in [0, 0.1) is 0 Å². The Morgan fingerprint density at radius 2 is 1.88 bits per heavy atom. The average Bonchev–Trinajstić information content (AvgIpc) is 2.93. The summed E-state index contributed by atoms with van der Waals surface area (Å²) in [5.74, 6) is -0.646. The molecule has 1 aromatic carbocycles. The third kappa shape index (κ3) is 5.10. The van der Waals surface area contributed by atoms with Crippen LogP contribution in [0.5, 0.6) is 0 Å². The Labute approximate surface area is 141 Å². The first-order valence-corrected chi connectivity index (χ1v) is 9.41. The van der Waals surface area contributed by atoms with Gasteiger partial charge in [0.15, 0.2) is 5.79 Å². The number of hydrogen-bond donors (Lipinski definition) is 0. The van der Waals surface area contributed by atoms with Crippen LogP contribution in [-0.2, 0) is 39.0 Å². The smallest absolute Gasteiger partial charge is 0.369 e. The molecular weight excluding hydrogens is 335 g/mol. The zero-order valence-corrected chi connectivity index (χ0v) is 14.8. The summed E-state index contributed by atoms with van der Waals surface area (Å²) < 4.78 is 44.9. The Hall–Kier alpha value is -0.790. The van der Waals surface area contributed by atoms with E-state index < -0.39 is 13.6 Å². The van der Waals surface area contributed by atoms with E-state index in [1.54, 1.807) is 0 Å². The van der Waals surface area contributed by atoms with Gasteiger partial charge in [-0.3, -0.25) is 13.6 Å². The highest BCUT2D eigenvalue weighted by molar-refractivity contribution is 7.48. The van der Waals surface area contributed by atoms with Crippen LogP contribution < -0.4 is 0 Å². The molecule has 2 heterocycles. The summed E-state index contributed by atoms with van der Waals surface area (Å²) in [5, 5.41) is 0. The van der Waals surface area contributed by atoms with Gasteiger partial charge in [-0.25, -0.2) is 4.57 Å². The van der Waals surface area contributed by atoms with Crippen LogP contribution >= 0.6 is 7.82 Å². The number of phosphoric acid groups is 1. The Morgan fingerprint density at radius 1 is 1.17 bits per heavy atom. The highest BCUT2D eigenvalue weighted by atomic mass is 31.2. The molecule has 0 aliphatic carbocycles. The van der Waals surface area contributed by atoms with Gasteiger partial charge in [0.05, 0.1) is 33.0 Å². The lowest BCUT2D eigenvalue weighted by molar-refractivity contribution is -0.143. The van der Waals surface area contributed by atoms with Crippen molar-refractivity contribution in [3.63, 3.8) is 0 Å². The van der Waals surface area contributed by atoms with Crippen molar-refractivity contribution in [2.24, 2.45) is 0 Å². The van der Waals surface area contributed by atoms with Gasteiger partial charge in [0, 0.05) is 0 Å². The molecule has 24 heavy (non-hydrogen) atoms. The summed E-state index contributed by atoms with van der Waals surface area (Å²) in [6, 6.07) is 9.80. The molecule has 0 amide bonds. The molecule has 1 unspecified atom stereocenters. The van der Waals surface area contributed by atoms with Crippen molar-refractivity contribution in [1.82, 2.24) is 0 Å². The molecular formula is C16H23O7P. The van der Waals surface area contributed by atoms with Crippen molar-refractivity contribution >= 4 is 7.82 Å². The molecule has 0 bridgehead atoms. The van der Waals surface area contributed by atoms with Crippen molar-refractivity contribution in [1.29, 1.82) is 0 Å². The normalized spacial score (nSPS) is 32.8. The molecule has 1 aromatic rings. The van der Waals surface area contributed by atoms with Crippen LogP contribution in [0.25, 0.3) is 0 Å². The van der Waals surface area contributed by atoms with Crippen LogP contribution in [0.4, 0.5) is 0 Å².